The molecule has 1 N–H and O–H groups in total. The van der Waals surface area contributed by atoms with E-state index in [2.05, 4.69) is 28.1 Å². The summed E-state index contributed by atoms with van der Waals surface area (Å²) in [6, 6.07) is 15.6. The first-order chi connectivity index (χ1) is 22.1. The minimum Gasteiger partial charge on any atom is -0.325 e. The van der Waals surface area contributed by atoms with E-state index in [1.54, 1.807) is 16.8 Å². The molecule has 2 aromatic carbocycles. The number of allylic oxidation sites excluding steroid dienone is 3. The zero-order valence-corrected chi connectivity index (χ0v) is 26.5. The SMILES string of the molecule is CN1CCN(CCC(=C=O)Cn2nc(-c3ccccc3)cc2C2=CC=CC(=C=O)N2CC(=O)Nc2cccc(C(F)(F)F)c2)CC1.Cl. The number of hydrogen-bond acceptors (Lipinski definition) is 7. The van der Waals surface area contributed by atoms with Crippen molar-refractivity contribution in [3.05, 3.63) is 101 Å². The van der Waals surface area contributed by atoms with Crippen LogP contribution in [0.15, 0.2) is 90.2 Å². The lowest BCUT2D eigenvalue weighted by Gasteiger charge is -2.32. The highest BCUT2D eigenvalue weighted by molar-refractivity contribution is 5.94. The molecule has 5 rings (SSSR count). The molecule has 13 heteroatoms. The van der Waals surface area contributed by atoms with Gasteiger partial charge in [-0.1, -0.05) is 42.5 Å². The predicted molar refractivity (Wildman–Crippen MR) is 176 cm³/mol. The zero-order chi connectivity index (χ0) is 32.7. The molecular formula is C34H34ClF3N6O3. The number of nitrogens with zero attached hydrogens (tertiary/aromatic N) is 5. The van der Waals surface area contributed by atoms with Crippen molar-refractivity contribution in [1.82, 2.24) is 24.5 Å². The number of nitrogens with one attached hydrogen (secondary N) is 1. The van der Waals surface area contributed by atoms with Crippen LogP contribution in [0, 0.1) is 0 Å². The molecule has 1 fully saturated rings. The molecule has 3 heterocycles. The number of amides is 1. The first-order valence-electron chi connectivity index (χ1n) is 14.8. The van der Waals surface area contributed by atoms with Gasteiger partial charge in [0.15, 0.2) is 5.94 Å². The molecule has 3 aromatic rings. The van der Waals surface area contributed by atoms with Crippen LogP contribution in [-0.2, 0) is 27.1 Å². The normalized spacial score (nSPS) is 15.4. The van der Waals surface area contributed by atoms with Crippen molar-refractivity contribution >= 4 is 41.6 Å². The number of carbonyl (C=O) groups is 1. The van der Waals surface area contributed by atoms with Crippen LogP contribution in [0.5, 0.6) is 0 Å². The van der Waals surface area contributed by atoms with Gasteiger partial charge in [0.25, 0.3) is 0 Å². The summed E-state index contributed by atoms with van der Waals surface area (Å²) in [6.45, 7) is 4.15. The standard InChI is InChI=1S/C34H33F3N6O3.ClH/c1-40-15-17-41(18-16-40)14-13-25(23-44)21-43-32(20-30(39-43)26-7-3-2-4-8-26)31-12-6-11-29(24-45)42(31)22-33(46)38-28-10-5-9-27(19-28)34(35,36)37;/h2-12,19-20H,13-18,21-22H2,1H3,(H,38,46);1H. The van der Waals surface area contributed by atoms with E-state index < -0.39 is 24.2 Å². The molecule has 9 nitrogen and oxygen atoms in total. The number of anilines is 1. The summed E-state index contributed by atoms with van der Waals surface area (Å²) in [5, 5.41) is 7.30. The highest BCUT2D eigenvalue weighted by Gasteiger charge is 2.31. The zero-order valence-electron chi connectivity index (χ0n) is 25.7. The fourth-order valence-electron chi connectivity index (χ4n) is 5.34. The predicted octanol–water partition coefficient (Wildman–Crippen LogP) is 4.95. The molecule has 246 valence electrons. The molecule has 47 heavy (non-hydrogen) atoms. The van der Waals surface area contributed by atoms with Gasteiger partial charge in [0.05, 0.1) is 29.2 Å². The number of rotatable bonds is 10. The summed E-state index contributed by atoms with van der Waals surface area (Å²) in [4.78, 5) is 43.3. The number of hydrogen-bond donors (Lipinski definition) is 1. The minimum absolute atomic E-state index is 0. The van der Waals surface area contributed by atoms with E-state index in [1.807, 2.05) is 42.3 Å². The lowest BCUT2D eigenvalue weighted by Crippen LogP contribution is -2.44. The van der Waals surface area contributed by atoms with E-state index in [4.69, 9.17) is 5.10 Å². The van der Waals surface area contributed by atoms with Gasteiger partial charge in [0.1, 0.15) is 18.2 Å². The first-order valence-corrected chi connectivity index (χ1v) is 14.8. The van der Waals surface area contributed by atoms with Gasteiger partial charge >= 0.3 is 6.18 Å². The van der Waals surface area contributed by atoms with Gasteiger partial charge in [0, 0.05) is 49.5 Å². The van der Waals surface area contributed by atoms with Crippen LogP contribution in [0.1, 0.15) is 17.7 Å². The van der Waals surface area contributed by atoms with E-state index in [0.29, 0.717) is 35.6 Å². The van der Waals surface area contributed by atoms with Gasteiger partial charge in [-0.2, -0.15) is 18.3 Å². The van der Waals surface area contributed by atoms with Crippen LogP contribution in [0.25, 0.3) is 17.0 Å². The Balaban J connectivity index is 0.00000500. The van der Waals surface area contributed by atoms with Gasteiger partial charge in [-0.25, -0.2) is 9.59 Å². The van der Waals surface area contributed by atoms with Crippen LogP contribution in [0.4, 0.5) is 18.9 Å². The lowest BCUT2D eigenvalue weighted by molar-refractivity contribution is -0.137. The highest BCUT2D eigenvalue weighted by Crippen LogP contribution is 2.32. The number of carbonyl (C=O) groups excluding carboxylic acids is 3. The quantitative estimate of drug-likeness (QED) is 0.306. The third-order valence-corrected chi connectivity index (χ3v) is 7.89. The Morgan fingerprint density at radius 2 is 1.72 bits per heavy atom. The van der Waals surface area contributed by atoms with Crippen molar-refractivity contribution in [2.75, 3.05) is 51.6 Å². The van der Waals surface area contributed by atoms with E-state index in [9.17, 15) is 27.6 Å². The highest BCUT2D eigenvalue weighted by atomic mass is 35.5. The third kappa shape index (κ3) is 8.98. The second-order valence-electron chi connectivity index (χ2n) is 11.2. The molecular weight excluding hydrogens is 633 g/mol. The molecule has 1 saturated heterocycles. The molecule has 0 radical (unpaired) electrons. The van der Waals surface area contributed by atoms with Crippen LogP contribution >= 0.6 is 12.4 Å². The summed E-state index contributed by atoms with van der Waals surface area (Å²) >= 11 is 0. The smallest absolute Gasteiger partial charge is 0.325 e. The second-order valence-corrected chi connectivity index (χ2v) is 11.2. The molecule has 0 unspecified atom stereocenters. The van der Waals surface area contributed by atoms with E-state index in [-0.39, 0.29) is 30.3 Å². The molecule has 0 bridgehead atoms. The van der Waals surface area contributed by atoms with E-state index in [0.717, 1.165) is 43.9 Å². The van der Waals surface area contributed by atoms with Crippen molar-refractivity contribution in [2.45, 2.75) is 19.1 Å². The summed E-state index contributed by atoms with van der Waals surface area (Å²) in [6.07, 6.45) is 0.750. The van der Waals surface area contributed by atoms with Crippen molar-refractivity contribution in [2.24, 2.45) is 0 Å². The maximum atomic E-state index is 13.2. The maximum Gasteiger partial charge on any atom is 0.416 e. The Labute approximate surface area is 276 Å². The van der Waals surface area contributed by atoms with Gasteiger partial charge in [-0.05, 0) is 49.9 Å². The van der Waals surface area contributed by atoms with Crippen LogP contribution < -0.4 is 5.32 Å². The number of piperazine rings is 1. The lowest BCUT2D eigenvalue weighted by atomic mass is 10.1. The Morgan fingerprint density at radius 1 is 0.979 bits per heavy atom. The van der Waals surface area contributed by atoms with Crippen molar-refractivity contribution in [3.8, 4) is 11.3 Å². The van der Waals surface area contributed by atoms with E-state index in [1.165, 1.54) is 23.1 Å². The third-order valence-electron chi connectivity index (χ3n) is 7.89. The molecule has 2 aliphatic rings. The molecule has 1 amide bonds. The minimum atomic E-state index is -4.57. The summed E-state index contributed by atoms with van der Waals surface area (Å²) in [5.74, 6) is 3.30. The number of halogens is 4. The van der Waals surface area contributed by atoms with Crippen molar-refractivity contribution in [3.63, 3.8) is 0 Å². The fourth-order valence-corrected chi connectivity index (χ4v) is 5.34. The number of benzene rings is 2. The summed E-state index contributed by atoms with van der Waals surface area (Å²) in [7, 11) is 2.08. The number of likely N-dealkylation sites (N-methyl/N-ethyl adjacent to an activating group) is 1. The van der Waals surface area contributed by atoms with E-state index >= 15 is 0 Å². The van der Waals surface area contributed by atoms with Crippen LogP contribution in [0.2, 0.25) is 0 Å². The second kappa shape index (κ2) is 15.7. The largest absolute Gasteiger partial charge is 0.416 e. The summed E-state index contributed by atoms with van der Waals surface area (Å²) in [5.41, 5.74) is 2.01. The van der Waals surface area contributed by atoms with Gasteiger partial charge in [0.2, 0.25) is 5.91 Å². The maximum absolute atomic E-state index is 13.2. The molecule has 0 atom stereocenters. The Morgan fingerprint density at radius 3 is 2.40 bits per heavy atom. The van der Waals surface area contributed by atoms with Crippen molar-refractivity contribution in [1.29, 1.82) is 0 Å². The fraction of sp³-hybridized carbons (Fsp3) is 0.294. The first kappa shape index (κ1) is 35.2. The number of aromatic nitrogens is 2. The molecule has 2 aliphatic heterocycles. The Kier molecular flexibility index (Phi) is 11.8. The van der Waals surface area contributed by atoms with Gasteiger partial charge < -0.3 is 20.0 Å². The Hall–Kier alpha value is -4.70. The topological polar surface area (TPSA) is 90.8 Å². The molecule has 0 spiro atoms. The van der Waals surface area contributed by atoms with Gasteiger partial charge in [-0.3, -0.25) is 9.48 Å². The molecule has 0 aliphatic carbocycles. The van der Waals surface area contributed by atoms with Crippen molar-refractivity contribution < 1.29 is 27.6 Å². The Bertz CT molecular complexity index is 1730. The van der Waals surface area contributed by atoms with Crippen LogP contribution in [-0.4, -0.2) is 88.6 Å². The van der Waals surface area contributed by atoms with Crippen LogP contribution in [0.3, 0.4) is 0 Å². The molecule has 0 saturated carbocycles. The molecule has 1 aromatic heterocycles. The van der Waals surface area contributed by atoms with Gasteiger partial charge in [-0.15, -0.1) is 12.4 Å². The average Bonchev–Trinajstić information content (AvgIpc) is 3.47. The average molecular weight is 667 g/mol. The monoisotopic (exact) mass is 666 g/mol. The summed E-state index contributed by atoms with van der Waals surface area (Å²) < 4.78 is 41.3. The number of alkyl halides is 3.